The monoisotopic (exact) mass is 372 g/mol. The third-order valence-corrected chi connectivity index (χ3v) is 4.49. The van der Waals surface area contributed by atoms with Gasteiger partial charge in [-0.3, -0.25) is 14.3 Å². The average molecular weight is 372 g/mol. The van der Waals surface area contributed by atoms with Gasteiger partial charge in [-0.05, 0) is 25.5 Å². The summed E-state index contributed by atoms with van der Waals surface area (Å²) in [5, 5.41) is 16.6. The summed E-state index contributed by atoms with van der Waals surface area (Å²) in [7, 11) is 0. The molecule has 2 aromatic rings. The molecule has 0 aliphatic carbocycles. The molecule has 0 fully saturated rings. The molecule has 0 saturated carbocycles. The molecule has 27 heavy (non-hydrogen) atoms. The van der Waals surface area contributed by atoms with Crippen LogP contribution in [0.2, 0.25) is 0 Å². The third-order valence-electron chi connectivity index (χ3n) is 4.49. The van der Waals surface area contributed by atoms with Crippen LogP contribution >= 0.6 is 0 Å². The Morgan fingerprint density at radius 1 is 1.44 bits per heavy atom. The van der Waals surface area contributed by atoms with Gasteiger partial charge in [0.05, 0.1) is 19.2 Å². The van der Waals surface area contributed by atoms with E-state index in [0.717, 1.165) is 11.3 Å². The highest BCUT2D eigenvalue weighted by atomic mass is 16.5. The van der Waals surface area contributed by atoms with E-state index in [0.29, 0.717) is 19.7 Å². The van der Waals surface area contributed by atoms with Gasteiger partial charge in [-0.15, -0.1) is 0 Å². The number of hydrogen-bond donors (Lipinski definition) is 2. The van der Waals surface area contributed by atoms with E-state index >= 15 is 0 Å². The first-order valence-corrected chi connectivity index (χ1v) is 9.01. The van der Waals surface area contributed by atoms with E-state index in [9.17, 15) is 14.7 Å². The average Bonchev–Trinajstić information content (AvgIpc) is 3.02. The molecule has 144 valence electrons. The number of fused-ring (bicyclic) bond motifs is 1. The Hall–Kier alpha value is -2.87. The lowest BCUT2D eigenvalue weighted by Gasteiger charge is -2.20. The highest BCUT2D eigenvalue weighted by molar-refractivity contribution is 5.98. The molecule has 0 spiro atoms. The molecule has 0 bridgehead atoms. The van der Waals surface area contributed by atoms with Crippen LogP contribution in [0.4, 0.5) is 0 Å². The smallest absolute Gasteiger partial charge is 0.274 e. The van der Waals surface area contributed by atoms with Crippen LogP contribution in [-0.4, -0.2) is 63.9 Å². The molecule has 0 saturated heterocycles. The summed E-state index contributed by atoms with van der Waals surface area (Å²) in [6.45, 7) is 5.44. The summed E-state index contributed by atoms with van der Waals surface area (Å²) in [6, 6.07) is 9.18. The number of para-hydroxylation sites is 1. The zero-order chi connectivity index (χ0) is 19.4. The minimum atomic E-state index is -0.733. The number of carbonyl (C=O) groups is 2. The van der Waals surface area contributed by atoms with E-state index in [2.05, 4.69) is 10.4 Å². The number of carbonyl (C=O) groups excluding carboxylic acids is 2. The molecule has 1 aromatic carbocycles. The molecule has 2 N–H and O–H groups in total. The predicted molar refractivity (Wildman–Crippen MR) is 98.8 cm³/mol. The SMILES string of the molecule is CCN(CCOc1ccccc1C)C(=O)c1cc2n(n1)CC(O)CNC2=O. The summed E-state index contributed by atoms with van der Waals surface area (Å²) in [6.07, 6.45) is -0.733. The van der Waals surface area contributed by atoms with Crippen molar-refractivity contribution < 1.29 is 19.4 Å². The van der Waals surface area contributed by atoms with Crippen molar-refractivity contribution in [2.45, 2.75) is 26.5 Å². The number of likely N-dealkylation sites (N-methyl/N-ethyl adjacent to an activating group) is 1. The maximum absolute atomic E-state index is 12.8. The van der Waals surface area contributed by atoms with Gasteiger partial charge in [0.2, 0.25) is 0 Å². The fourth-order valence-corrected chi connectivity index (χ4v) is 2.96. The van der Waals surface area contributed by atoms with Crippen molar-refractivity contribution in [3.05, 3.63) is 47.3 Å². The van der Waals surface area contributed by atoms with Crippen LogP contribution in [0.3, 0.4) is 0 Å². The zero-order valence-corrected chi connectivity index (χ0v) is 15.5. The number of hydrogen-bond acceptors (Lipinski definition) is 5. The van der Waals surface area contributed by atoms with E-state index in [1.807, 2.05) is 38.1 Å². The standard InChI is InChI=1S/C19H24N4O4/c1-3-22(8-9-27-17-7-5-4-6-13(17)2)19(26)15-10-16-18(25)20-11-14(24)12-23(16)21-15/h4-7,10,14,24H,3,8-9,11-12H2,1-2H3,(H,20,25). The molecule has 2 heterocycles. The number of nitrogens with one attached hydrogen (secondary N) is 1. The maximum atomic E-state index is 12.8. The van der Waals surface area contributed by atoms with Crippen LogP contribution < -0.4 is 10.1 Å². The van der Waals surface area contributed by atoms with E-state index in [1.165, 1.54) is 10.7 Å². The molecular weight excluding hydrogens is 348 g/mol. The Labute approximate surface area is 157 Å². The number of nitrogens with zero attached hydrogens (tertiary/aromatic N) is 3. The Kier molecular flexibility index (Phi) is 5.75. The van der Waals surface area contributed by atoms with Gasteiger partial charge in [0, 0.05) is 19.2 Å². The molecule has 1 aliphatic heterocycles. The maximum Gasteiger partial charge on any atom is 0.274 e. The highest BCUT2D eigenvalue weighted by Crippen LogP contribution is 2.16. The fraction of sp³-hybridized carbons (Fsp3) is 0.421. The zero-order valence-electron chi connectivity index (χ0n) is 15.5. The van der Waals surface area contributed by atoms with E-state index in [-0.39, 0.29) is 36.3 Å². The number of benzene rings is 1. The van der Waals surface area contributed by atoms with Gasteiger partial charge in [0.15, 0.2) is 5.69 Å². The topological polar surface area (TPSA) is 96.7 Å². The fourth-order valence-electron chi connectivity index (χ4n) is 2.96. The number of amides is 2. The number of rotatable bonds is 6. The molecule has 8 heteroatoms. The van der Waals surface area contributed by atoms with Crippen molar-refractivity contribution in [1.29, 1.82) is 0 Å². The summed E-state index contributed by atoms with van der Waals surface area (Å²) in [5.41, 5.74) is 1.50. The first-order valence-electron chi connectivity index (χ1n) is 9.01. The van der Waals surface area contributed by atoms with Crippen LogP contribution in [-0.2, 0) is 6.54 Å². The van der Waals surface area contributed by atoms with Gasteiger partial charge < -0.3 is 20.1 Å². The normalized spacial score (nSPS) is 16.3. The molecule has 1 atom stereocenters. The lowest BCUT2D eigenvalue weighted by molar-refractivity contribution is 0.0731. The lowest BCUT2D eigenvalue weighted by atomic mass is 10.2. The van der Waals surface area contributed by atoms with Crippen molar-refractivity contribution in [3.8, 4) is 5.75 Å². The molecule has 1 aliphatic rings. The summed E-state index contributed by atoms with van der Waals surface area (Å²) in [4.78, 5) is 26.5. The minimum absolute atomic E-state index is 0.169. The largest absolute Gasteiger partial charge is 0.491 e. The molecule has 1 aromatic heterocycles. The van der Waals surface area contributed by atoms with Crippen molar-refractivity contribution in [3.63, 3.8) is 0 Å². The van der Waals surface area contributed by atoms with Gasteiger partial charge in [-0.2, -0.15) is 5.10 Å². The van der Waals surface area contributed by atoms with Crippen molar-refractivity contribution in [2.24, 2.45) is 0 Å². The Morgan fingerprint density at radius 3 is 2.96 bits per heavy atom. The molecule has 0 radical (unpaired) electrons. The number of aryl methyl sites for hydroxylation is 1. The van der Waals surface area contributed by atoms with Crippen LogP contribution in [0, 0.1) is 6.92 Å². The quantitative estimate of drug-likeness (QED) is 0.783. The first kappa shape index (κ1) is 18.9. The number of β-amino-alcohol motifs (C(OH)–C–C–N with tert-alkyl or cyclic N) is 1. The van der Waals surface area contributed by atoms with Crippen molar-refractivity contribution in [1.82, 2.24) is 20.0 Å². The second-order valence-electron chi connectivity index (χ2n) is 6.46. The number of aliphatic hydroxyl groups excluding tert-OH is 1. The molecule has 3 rings (SSSR count). The number of ether oxygens (including phenoxy) is 1. The Morgan fingerprint density at radius 2 is 2.22 bits per heavy atom. The van der Waals surface area contributed by atoms with Crippen molar-refractivity contribution >= 4 is 11.8 Å². The summed E-state index contributed by atoms with van der Waals surface area (Å²) < 4.78 is 7.15. The minimum Gasteiger partial charge on any atom is -0.491 e. The number of aliphatic hydroxyl groups is 1. The molecular formula is C19H24N4O4. The van der Waals surface area contributed by atoms with Gasteiger partial charge >= 0.3 is 0 Å². The third kappa shape index (κ3) is 4.28. The molecule has 8 nitrogen and oxygen atoms in total. The molecule has 2 amide bonds. The molecule has 1 unspecified atom stereocenters. The van der Waals surface area contributed by atoms with Crippen LogP contribution in [0.25, 0.3) is 0 Å². The van der Waals surface area contributed by atoms with E-state index < -0.39 is 6.10 Å². The Bertz CT molecular complexity index is 833. The van der Waals surface area contributed by atoms with Crippen molar-refractivity contribution in [2.75, 3.05) is 26.2 Å². The second-order valence-corrected chi connectivity index (χ2v) is 6.46. The van der Waals surface area contributed by atoms with E-state index in [4.69, 9.17) is 4.74 Å². The number of aromatic nitrogens is 2. The first-order chi connectivity index (χ1) is 13.0. The van der Waals surface area contributed by atoms with Crippen LogP contribution in [0.15, 0.2) is 30.3 Å². The summed E-state index contributed by atoms with van der Waals surface area (Å²) >= 11 is 0. The van der Waals surface area contributed by atoms with Gasteiger partial charge in [-0.25, -0.2) is 0 Å². The summed E-state index contributed by atoms with van der Waals surface area (Å²) in [5.74, 6) is 0.179. The highest BCUT2D eigenvalue weighted by Gasteiger charge is 2.26. The van der Waals surface area contributed by atoms with Gasteiger partial charge in [0.25, 0.3) is 11.8 Å². The van der Waals surface area contributed by atoms with Gasteiger partial charge in [-0.1, -0.05) is 18.2 Å². The van der Waals surface area contributed by atoms with Crippen LogP contribution in [0.1, 0.15) is 33.5 Å². The second kappa shape index (κ2) is 8.22. The van der Waals surface area contributed by atoms with E-state index in [1.54, 1.807) is 4.90 Å². The lowest BCUT2D eigenvalue weighted by Crippen LogP contribution is -2.35. The van der Waals surface area contributed by atoms with Gasteiger partial charge in [0.1, 0.15) is 18.1 Å². The predicted octanol–water partition coefficient (Wildman–Crippen LogP) is 0.837. The Balaban J connectivity index is 1.66. The van der Waals surface area contributed by atoms with Crippen LogP contribution in [0.5, 0.6) is 5.75 Å².